The van der Waals surface area contributed by atoms with Crippen LogP contribution in [0.5, 0.6) is 0 Å². The summed E-state index contributed by atoms with van der Waals surface area (Å²) >= 11 is 0. The van der Waals surface area contributed by atoms with Gasteiger partial charge in [0.2, 0.25) is 0 Å². The number of esters is 2. The standard InChI is InChI=1S/C42H72NO10P/c1-3-5-7-9-11-13-15-17-19-21-23-25-27-29-31-33-40(44)50-35-38(36-51-54(48,49)52-37-39(43)42(46)47)53-41(45)34-32-30-28-26-24-22-20-18-16-14-12-10-8-6-4-2/h12-15,17-20,24,26,38-39H,3-11,16,21-23,25,27-37,43H2,1-2H3,(H,46,47)(H,48,49)/b14-12+,15-13+,19-17+,20-18+,26-24+/t38-,39+/m1/s1. The van der Waals surface area contributed by atoms with Gasteiger partial charge in [0.1, 0.15) is 12.6 Å². The molecular formula is C42H72NO10P. The molecule has 0 aromatic rings. The van der Waals surface area contributed by atoms with Crippen molar-refractivity contribution in [1.82, 2.24) is 0 Å². The van der Waals surface area contributed by atoms with Crippen LogP contribution in [0.1, 0.15) is 155 Å². The monoisotopic (exact) mass is 781 g/mol. The number of rotatable bonds is 37. The molecule has 0 spiro atoms. The molecule has 11 nitrogen and oxygen atoms in total. The number of ether oxygens (including phenoxy) is 2. The highest BCUT2D eigenvalue weighted by Crippen LogP contribution is 2.43. The molecule has 0 aromatic heterocycles. The van der Waals surface area contributed by atoms with E-state index in [0.29, 0.717) is 12.8 Å². The quantitative estimate of drug-likeness (QED) is 0.0180. The van der Waals surface area contributed by atoms with E-state index < -0.39 is 51.1 Å². The Morgan fingerprint density at radius 3 is 1.65 bits per heavy atom. The van der Waals surface area contributed by atoms with Gasteiger partial charge in [-0.05, 0) is 77.0 Å². The molecule has 12 heteroatoms. The second-order valence-electron chi connectivity index (χ2n) is 13.4. The molecule has 0 fully saturated rings. The maximum atomic E-state index is 12.6. The third kappa shape index (κ3) is 36.2. The lowest BCUT2D eigenvalue weighted by Gasteiger charge is -2.20. The van der Waals surface area contributed by atoms with E-state index >= 15 is 0 Å². The Bertz CT molecular complexity index is 1150. The predicted octanol–water partition coefficient (Wildman–Crippen LogP) is 10.4. The smallest absolute Gasteiger partial charge is 0.472 e. The number of aliphatic carboxylic acids is 1. The summed E-state index contributed by atoms with van der Waals surface area (Å²) in [5.41, 5.74) is 5.32. The fraction of sp³-hybridized carbons (Fsp3) is 0.690. The van der Waals surface area contributed by atoms with E-state index in [4.69, 9.17) is 24.8 Å². The van der Waals surface area contributed by atoms with Crippen LogP contribution in [-0.4, -0.2) is 59.9 Å². The molecular weight excluding hydrogens is 709 g/mol. The summed E-state index contributed by atoms with van der Waals surface area (Å²) in [6.45, 7) is 2.67. The molecule has 0 aliphatic rings. The number of phosphoric acid groups is 1. The van der Waals surface area contributed by atoms with Crippen LogP contribution in [0.3, 0.4) is 0 Å². The molecule has 0 heterocycles. The Morgan fingerprint density at radius 1 is 0.593 bits per heavy atom. The molecule has 3 atom stereocenters. The topological polar surface area (TPSA) is 172 Å². The third-order valence-corrected chi connectivity index (χ3v) is 9.22. The average Bonchev–Trinajstić information content (AvgIpc) is 3.14. The van der Waals surface area contributed by atoms with Crippen LogP contribution < -0.4 is 5.73 Å². The summed E-state index contributed by atoms with van der Waals surface area (Å²) in [5.74, 6) is -2.46. The molecule has 0 radical (unpaired) electrons. The van der Waals surface area contributed by atoms with Gasteiger partial charge in [-0.15, -0.1) is 0 Å². The highest BCUT2D eigenvalue weighted by atomic mass is 31.2. The Hall–Kier alpha value is -2.82. The van der Waals surface area contributed by atoms with Gasteiger partial charge in [0.15, 0.2) is 6.10 Å². The van der Waals surface area contributed by atoms with Gasteiger partial charge in [-0.25, -0.2) is 4.57 Å². The Labute approximate surface area is 326 Å². The van der Waals surface area contributed by atoms with Crippen LogP contribution in [0.25, 0.3) is 0 Å². The van der Waals surface area contributed by atoms with Crippen LogP contribution in [0, 0.1) is 0 Å². The number of allylic oxidation sites excluding steroid dienone is 10. The zero-order chi connectivity index (χ0) is 40.0. The Morgan fingerprint density at radius 2 is 1.04 bits per heavy atom. The molecule has 0 amide bonds. The first-order chi connectivity index (χ1) is 26.1. The maximum Gasteiger partial charge on any atom is 0.472 e. The van der Waals surface area contributed by atoms with Crippen LogP contribution >= 0.6 is 7.82 Å². The highest BCUT2D eigenvalue weighted by molar-refractivity contribution is 7.47. The van der Waals surface area contributed by atoms with Gasteiger partial charge >= 0.3 is 25.7 Å². The van der Waals surface area contributed by atoms with E-state index in [2.05, 4.69) is 79.1 Å². The van der Waals surface area contributed by atoms with E-state index in [1.54, 1.807) is 0 Å². The van der Waals surface area contributed by atoms with Gasteiger partial charge in [0.25, 0.3) is 0 Å². The summed E-state index contributed by atoms with van der Waals surface area (Å²) in [6.07, 6.45) is 41.4. The number of phosphoric ester groups is 1. The number of unbranched alkanes of at least 4 members (excludes halogenated alkanes) is 14. The van der Waals surface area contributed by atoms with Gasteiger partial charge in [-0.3, -0.25) is 23.4 Å². The van der Waals surface area contributed by atoms with Crippen molar-refractivity contribution in [3.8, 4) is 0 Å². The normalized spacial score (nSPS) is 14.4. The summed E-state index contributed by atoms with van der Waals surface area (Å²) in [5, 5.41) is 8.87. The highest BCUT2D eigenvalue weighted by Gasteiger charge is 2.28. The van der Waals surface area contributed by atoms with E-state index in [1.807, 2.05) is 0 Å². The summed E-state index contributed by atoms with van der Waals surface area (Å²) in [6, 6.07) is -1.53. The number of hydrogen-bond donors (Lipinski definition) is 3. The minimum absolute atomic E-state index is 0.106. The molecule has 1 unspecified atom stereocenters. The van der Waals surface area contributed by atoms with E-state index in [0.717, 1.165) is 70.6 Å². The SMILES string of the molecule is CCCCC/C=C/C/C=C/C/C=C/CCCCC(=O)O[C@H](COC(=O)CCCCCCC/C=C/C=C/CCCCCC)COP(=O)(O)OC[C@H](N)C(=O)O. The lowest BCUT2D eigenvalue weighted by Crippen LogP contribution is -2.34. The fourth-order valence-electron chi connectivity index (χ4n) is 5.00. The molecule has 0 saturated carbocycles. The molecule has 0 aromatic carbocycles. The summed E-state index contributed by atoms with van der Waals surface area (Å²) in [7, 11) is -4.73. The van der Waals surface area contributed by atoms with Gasteiger partial charge in [0.05, 0.1) is 13.2 Å². The largest absolute Gasteiger partial charge is 0.480 e. The Balaban J connectivity index is 4.52. The van der Waals surface area contributed by atoms with Crippen molar-refractivity contribution < 1.29 is 47.5 Å². The number of carboxylic acids is 1. The van der Waals surface area contributed by atoms with Crippen molar-refractivity contribution in [3.05, 3.63) is 60.8 Å². The predicted molar refractivity (Wildman–Crippen MR) is 217 cm³/mol. The van der Waals surface area contributed by atoms with Crippen molar-refractivity contribution in [1.29, 1.82) is 0 Å². The maximum absolute atomic E-state index is 12.6. The molecule has 0 aliphatic heterocycles. The van der Waals surface area contributed by atoms with Crippen LogP contribution in [-0.2, 0) is 37.5 Å². The number of nitrogens with two attached hydrogens (primary N) is 1. The number of hydrogen-bond acceptors (Lipinski definition) is 9. The summed E-state index contributed by atoms with van der Waals surface area (Å²) < 4.78 is 32.6. The van der Waals surface area contributed by atoms with Crippen LogP contribution in [0.15, 0.2) is 60.8 Å². The first-order valence-electron chi connectivity index (χ1n) is 20.3. The van der Waals surface area contributed by atoms with Crippen LogP contribution in [0.2, 0.25) is 0 Å². The minimum atomic E-state index is -4.73. The second kappa shape index (κ2) is 37.1. The van der Waals surface area contributed by atoms with Gasteiger partial charge in [-0.1, -0.05) is 126 Å². The van der Waals surface area contributed by atoms with Gasteiger partial charge in [0, 0.05) is 12.8 Å². The van der Waals surface area contributed by atoms with Crippen molar-refractivity contribution in [2.75, 3.05) is 19.8 Å². The lowest BCUT2D eigenvalue weighted by molar-refractivity contribution is -0.161. The molecule has 0 aliphatic carbocycles. The number of carbonyl (C=O) groups is 3. The molecule has 0 rings (SSSR count). The van der Waals surface area contributed by atoms with Crippen molar-refractivity contribution in [2.45, 2.75) is 167 Å². The average molecular weight is 782 g/mol. The van der Waals surface area contributed by atoms with Gasteiger partial charge in [-0.2, -0.15) is 0 Å². The first kappa shape index (κ1) is 51.2. The van der Waals surface area contributed by atoms with E-state index in [9.17, 15) is 23.8 Å². The molecule has 0 saturated heterocycles. The lowest BCUT2D eigenvalue weighted by atomic mass is 10.1. The van der Waals surface area contributed by atoms with Crippen LogP contribution in [0.4, 0.5) is 0 Å². The summed E-state index contributed by atoms with van der Waals surface area (Å²) in [4.78, 5) is 45.8. The molecule has 310 valence electrons. The van der Waals surface area contributed by atoms with Crippen molar-refractivity contribution in [2.24, 2.45) is 5.73 Å². The molecule has 4 N–H and O–H groups in total. The molecule has 54 heavy (non-hydrogen) atoms. The first-order valence-corrected chi connectivity index (χ1v) is 21.8. The number of carboxylic acid groups (broad SMARTS) is 1. The zero-order valence-electron chi connectivity index (χ0n) is 33.3. The molecule has 0 bridgehead atoms. The second-order valence-corrected chi connectivity index (χ2v) is 14.9. The third-order valence-electron chi connectivity index (χ3n) is 8.27. The zero-order valence-corrected chi connectivity index (χ0v) is 34.2. The van der Waals surface area contributed by atoms with E-state index in [-0.39, 0.29) is 19.4 Å². The van der Waals surface area contributed by atoms with E-state index in [1.165, 1.54) is 44.9 Å². The number of carbonyl (C=O) groups excluding carboxylic acids is 2. The van der Waals surface area contributed by atoms with Crippen molar-refractivity contribution in [3.63, 3.8) is 0 Å². The Kier molecular flexibility index (Phi) is 35.2. The fourth-order valence-corrected chi connectivity index (χ4v) is 5.78. The minimum Gasteiger partial charge on any atom is -0.480 e. The van der Waals surface area contributed by atoms with Crippen molar-refractivity contribution >= 4 is 25.7 Å². The van der Waals surface area contributed by atoms with Gasteiger partial charge < -0.3 is 25.2 Å².